The molecule has 2 rings (SSSR count). The summed E-state index contributed by atoms with van der Waals surface area (Å²) in [4.78, 5) is 12.3. The molecule has 1 amide bonds. The molecule has 23 heavy (non-hydrogen) atoms. The number of aliphatic hydroxyl groups is 1. The summed E-state index contributed by atoms with van der Waals surface area (Å²) in [6.45, 7) is 6.66. The van der Waals surface area contributed by atoms with Crippen LogP contribution in [0.3, 0.4) is 0 Å². The lowest BCUT2D eigenvalue weighted by Crippen LogP contribution is -2.14. The van der Waals surface area contributed by atoms with E-state index in [0.29, 0.717) is 17.0 Å². The number of hydrogen-bond acceptors (Lipinski definition) is 3. The number of carbonyl (C=O) groups is 1. The van der Waals surface area contributed by atoms with Crippen LogP contribution in [0.25, 0.3) is 0 Å². The van der Waals surface area contributed by atoms with E-state index in [9.17, 15) is 4.79 Å². The molecule has 0 spiro atoms. The molecule has 4 heteroatoms. The Hall–Kier alpha value is -2.33. The number of benzene rings is 2. The van der Waals surface area contributed by atoms with Gasteiger partial charge in [0.2, 0.25) is 0 Å². The van der Waals surface area contributed by atoms with Crippen LogP contribution in [0.2, 0.25) is 0 Å². The number of rotatable bonds is 5. The van der Waals surface area contributed by atoms with Gasteiger partial charge in [0.25, 0.3) is 5.91 Å². The zero-order chi connectivity index (χ0) is 16.9. The highest BCUT2D eigenvalue weighted by atomic mass is 16.5. The second-order valence-corrected chi connectivity index (χ2v) is 6.38. The third kappa shape index (κ3) is 4.83. The fraction of sp³-hybridized carbons (Fsp3) is 0.316. The van der Waals surface area contributed by atoms with Crippen LogP contribution < -0.4 is 10.1 Å². The minimum Gasteiger partial charge on any atom is -0.491 e. The molecule has 122 valence electrons. The summed E-state index contributed by atoms with van der Waals surface area (Å²) in [7, 11) is 0. The molecule has 2 aromatic rings. The van der Waals surface area contributed by atoms with Gasteiger partial charge in [0.05, 0.1) is 6.61 Å². The van der Waals surface area contributed by atoms with Crippen LogP contribution >= 0.6 is 0 Å². The summed E-state index contributed by atoms with van der Waals surface area (Å²) in [6.07, 6.45) is 0. The summed E-state index contributed by atoms with van der Waals surface area (Å²) >= 11 is 0. The van der Waals surface area contributed by atoms with Crippen LogP contribution in [-0.4, -0.2) is 24.2 Å². The predicted octanol–water partition coefficient (Wildman–Crippen LogP) is 3.61. The Bertz CT molecular complexity index is 640. The van der Waals surface area contributed by atoms with Crippen molar-refractivity contribution in [3.05, 3.63) is 59.7 Å². The van der Waals surface area contributed by atoms with E-state index in [-0.39, 0.29) is 24.5 Å². The number of amides is 1. The molecule has 0 radical (unpaired) electrons. The van der Waals surface area contributed by atoms with E-state index in [4.69, 9.17) is 9.84 Å². The maximum atomic E-state index is 12.3. The SMILES string of the molecule is CC(C)(C)c1ccc(C(=O)Nc2ccc(OCCO)cc2)cc1. The molecule has 0 aliphatic rings. The molecule has 0 heterocycles. The van der Waals surface area contributed by atoms with Gasteiger partial charge < -0.3 is 15.2 Å². The number of anilines is 1. The van der Waals surface area contributed by atoms with Crippen LogP contribution in [0, 0.1) is 0 Å². The summed E-state index contributed by atoms with van der Waals surface area (Å²) < 4.78 is 5.28. The molecule has 0 bridgehead atoms. The first-order chi connectivity index (χ1) is 10.9. The molecule has 2 N–H and O–H groups in total. The van der Waals surface area contributed by atoms with Crippen molar-refractivity contribution in [2.75, 3.05) is 18.5 Å². The molecule has 0 aliphatic heterocycles. The maximum Gasteiger partial charge on any atom is 0.255 e. The quantitative estimate of drug-likeness (QED) is 0.886. The lowest BCUT2D eigenvalue weighted by atomic mass is 9.87. The smallest absolute Gasteiger partial charge is 0.255 e. The average molecular weight is 313 g/mol. The van der Waals surface area contributed by atoms with Crippen LogP contribution in [-0.2, 0) is 5.41 Å². The minimum atomic E-state index is -0.144. The van der Waals surface area contributed by atoms with E-state index in [1.807, 2.05) is 24.3 Å². The predicted molar refractivity (Wildman–Crippen MR) is 92.1 cm³/mol. The maximum absolute atomic E-state index is 12.3. The van der Waals surface area contributed by atoms with Gasteiger partial charge in [0, 0.05) is 11.3 Å². The first-order valence-corrected chi connectivity index (χ1v) is 7.66. The van der Waals surface area contributed by atoms with Crippen molar-refractivity contribution in [3.63, 3.8) is 0 Å². The van der Waals surface area contributed by atoms with Crippen molar-refractivity contribution >= 4 is 11.6 Å². The first kappa shape index (κ1) is 17.0. The molecule has 2 aromatic carbocycles. The molecular weight excluding hydrogens is 290 g/mol. The molecule has 0 aliphatic carbocycles. The van der Waals surface area contributed by atoms with Gasteiger partial charge in [0.15, 0.2) is 0 Å². The van der Waals surface area contributed by atoms with E-state index in [0.717, 1.165) is 0 Å². The Morgan fingerprint density at radius 1 is 1.04 bits per heavy atom. The van der Waals surface area contributed by atoms with Crippen molar-refractivity contribution in [1.29, 1.82) is 0 Å². The van der Waals surface area contributed by atoms with Crippen LogP contribution in [0.15, 0.2) is 48.5 Å². The minimum absolute atomic E-state index is 0.0248. The number of nitrogens with one attached hydrogen (secondary N) is 1. The Balaban J connectivity index is 2.01. The van der Waals surface area contributed by atoms with Crippen LogP contribution in [0.1, 0.15) is 36.7 Å². The van der Waals surface area contributed by atoms with Gasteiger partial charge >= 0.3 is 0 Å². The molecule has 0 aromatic heterocycles. The zero-order valence-corrected chi connectivity index (χ0v) is 13.8. The molecule has 0 saturated carbocycles. The largest absolute Gasteiger partial charge is 0.491 e. The highest BCUT2D eigenvalue weighted by Gasteiger charge is 2.14. The van der Waals surface area contributed by atoms with Gasteiger partial charge in [0.1, 0.15) is 12.4 Å². The van der Waals surface area contributed by atoms with Crippen molar-refractivity contribution < 1.29 is 14.6 Å². The van der Waals surface area contributed by atoms with Crippen molar-refractivity contribution in [1.82, 2.24) is 0 Å². The monoisotopic (exact) mass is 313 g/mol. The molecule has 0 atom stereocenters. The van der Waals surface area contributed by atoms with E-state index < -0.39 is 0 Å². The van der Waals surface area contributed by atoms with E-state index in [1.165, 1.54) is 5.56 Å². The van der Waals surface area contributed by atoms with E-state index in [1.54, 1.807) is 24.3 Å². The van der Waals surface area contributed by atoms with Crippen molar-refractivity contribution in [3.8, 4) is 5.75 Å². The number of hydrogen-bond donors (Lipinski definition) is 2. The topological polar surface area (TPSA) is 58.6 Å². The Labute approximate surface area is 137 Å². The van der Waals surface area contributed by atoms with Crippen LogP contribution in [0.4, 0.5) is 5.69 Å². The summed E-state index contributed by atoms with van der Waals surface area (Å²) in [5, 5.41) is 11.6. The highest BCUT2D eigenvalue weighted by molar-refractivity contribution is 6.04. The molecular formula is C19H23NO3. The Morgan fingerprint density at radius 2 is 1.65 bits per heavy atom. The fourth-order valence-electron chi connectivity index (χ4n) is 2.12. The zero-order valence-electron chi connectivity index (χ0n) is 13.8. The Kier molecular flexibility index (Phi) is 5.40. The number of carbonyl (C=O) groups excluding carboxylic acids is 1. The normalized spacial score (nSPS) is 11.1. The standard InChI is InChI=1S/C19H23NO3/c1-19(2,3)15-6-4-14(5-7-15)18(22)20-16-8-10-17(11-9-16)23-13-12-21/h4-11,21H,12-13H2,1-3H3,(H,20,22). The van der Waals surface area contributed by atoms with E-state index in [2.05, 4.69) is 26.1 Å². The van der Waals surface area contributed by atoms with Crippen LogP contribution in [0.5, 0.6) is 5.75 Å². The first-order valence-electron chi connectivity index (χ1n) is 7.66. The Morgan fingerprint density at radius 3 is 2.17 bits per heavy atom. The molecule has 4 nitrogen and oxygen atoms in total. The summed E-state index contributed by atoms with van der Waals surface area (Å²) in [5.74, 6) is 0.515. The summed E-state index contributed by atoms with van der Waals surface area (Å²) in [5.41, 5.74) is 2.59. The molecule has 0 saturated heterocycles. The summed E-state index contributed by atoms with van der Waals surface area (Å²) in [6, 6.07) is 14.7. The molecule has 0 unspecified atom stereocenters. The second kappa shape index (κ2) is 7.29. The fourth-order valence-corrected chi connectivity index (χ4v) is 2.12. The lowest BCUT2D eigenvalue weighted by Gasteiger charge is -2.19. The third-order valence-electron chi connectivity index (χ3n) is 3.49. The van der Waals surface area contributed by atoms with Gasteiger partial charge in [-0.1, -0.05) is 32.9 Å². The molecule has 0 fully saturated rings. The second-order valence-electron chi connectivity index (χ2n) is 6.38. The number of aliphatic hydroxyl groups excluding tert-OH is 1. The average Bonchev–Trinajstić information content (AvgIpc) is 2.53. The van der Waals surface area contributed by atoms with E-state index >= 15 is 0 Å². The van der Waals surface area contributed by atoms with Gasteiger partial charge in [-0.3, -0.25) is 4.79 Å². The lowest BCUT2D eigenvalue weighted by molar-refractivity contribution is 0.102. The van der Waals surface area contributed by atoms with Gasteiger partial charge in [-0.15, -0.1) is 0 Å². The van der Waals surface area contributed by atoms with Gasteiger partial charge in [-0.05, 0) is 47.4 Å². The highest BCUT2D eigenvalue weighted by Crippen LogP contribution is 2.22. The van der Waals surface area contributed by atoms with Gasteiger partial charge in [-0.2, -0.15) is 0 Å². The third-order valence-corrected chi connectivity index (χ3v) is 3.49. The van der Waals surface area contributed by atoms with Gasteiger partial charge in [-0.25, -0.2) is 0 Å². The van der Waals surface area contributed by atoms with Crippen molar-refractivity contribution in [2.45, 2.75) is 26.2 Å². The number of ether oxygens (including phenoxy) is 1. The van der Waals surface area contributed by atoms with Crippen molar-refractivity contribution in [2.24, 2.45) is 0 Å².